The molecule has 0 spiro atoms. The van der Waals surface area contributed by atoms with Crippen LogP contribution in [0.2, 0.25) is 0 Å². The molecule has 1 N–H and O–H groups in total. The Morgan fingerprint density at radius 1 is 1.05 bits per heavy atom. The zero-order chi connectivity index (χ0) is 26.5. The Labute approximate surface area is 212 Å². The standard InChI is InChI=1S/C26H20F4N4O4/c27-17-5-4-13-15(20(17)28)10-31-12-26(29,30)16-3-1-2-14(22(16)31)21(13)34-19-11-38-9-8-32(19)25(37)23-24(36)18(35)6-7-33(23)34/h1-7,19,21,36H,8-12H2. The first kappa shape index (κ1) is 23.1. The van der Waals surface area contributed by atoms with Gasteiger partial charge >= 0.3 is 0 Å². The number of carbonyl (C=O) groups excluding carboxylic acids is 1. The third-order valence-corrected chi connectivity index (χ3v) is 7.78. The minimum absolute atomic E-state index is 0.0163. The second-order valence-corrected chi connectivity index (χ2v) is 9.79. The largest absolute Gasteiger partial charge is 0.502 e. The molecule has 1 fully saturated rings. The van der Waals surface area contributed by atoms with Gasteiger partial charge in [-0.3, -0.25) is 19.3 Å². The maximum atomic E-state index is 15.4. The molecule has 5 heterocycles. The monoisotopic (exact) mass is 528 g/mol. The predicted octanol–water partition coefficient (Wildman–Crippen LogP) is 2.80. The van der Waals surface area contributed by atoms with E-state index in [0.29, 0.717) is 11.1 Å². The number of carbonyl (C=O) groups is 1. The van der Waals surface area contributed by atoms with E-state index in [-0.39, 0.29) is 48.8 Å². The number of pyridine rings is 1. The minimum atomic E-state index is -3.23. The van der Waals surface area contributed by atoms with Crippen LogP contribution in [0.3, 0.4) is 0 Å². The van der Waals surface area contributed by atoms with Crippen LogP contribution in [0, 0.1) is 11.6 Å². The lowest BCUT2D eigenvalue weighted by Gasteiger charge is -2.51. The first-order chi connectivity index (χ1) is 18.2. The van der Waals surface area contributed by atoms with Crippen LogP contribution in [0.4, 0.5) is 23.2 Å². The number of aromatic nitrogens is 1. The molecule has 4 aliphatic rings. The van der Waals surface area contributed by atoms with Gasteiger partial charge < -0.3 is 19.6 Å². The van der Waals surface area contributed by atoms with Crippen molar-refractivity contribution < 1.29 is 32.2 Å². The van der Waals surface area contributed by atoms with E-state index in [1.807, 2.05) is 0 Å². The van der Waals surface area contributed by atoms with E-state index in [1.54, 1.807) is 11.1 Å². The van der Waals surface area contributed by atoms with Crippen LogP contribution in [-0.4, -0.2) is 53.1 Å². The van der Waals surface area contributed by atoms with E-state index in [0.717, 1.165) is 12.1 Å². The van der Waals surface area contributed by atoms with Crippen molar-refractivity contribution in [3.05, 3.63) is 92.4 Å². The fourth-order valence-electron chi connectivity index (χ4n) is 6.17. The molecule has 0 saturated carbocycles. The number of fused-ring (bicyclic) bond motifs is 3. The molecule has 0 bridgehead atoms. The lowest BCUT2D eigenvalue weighted by Crippen LogP contribution is -2.66. The fourth-order valence-corrected chi connectivity index (χ4v) is 6.17. The van der Waals surface area contributed by atoms with Crippen LogP contribution in [0.1, 0.15) is 38.8 Å². The number of ether oxygens (including phenoxy) is 1. The molecule has 3 aromatic rings. The first-order valence-electron chi connectivity index (χ1n) is 12.0. The molecule has 12 heteroatoms. The van der Waals surface area contributed by atoms with Crippen molar-refractivity contribution in [2.45, 2.75) is 24.7 Å². The maximum Gasteiger partial charge on any atom is 0.292 e. The van der Waals surface area contributed by atoms with E-state index in [2.05, 4.69) is 0 Å². The van der Waals surface area contributed by atoms with Crippen LogP contribution in [-0.2, 0) is 17.2 Å². The summed E-state index contributed by atoms with van der Waals surface area (Å²) in [6.45, 7) is -0.646. The molecular weight excluding hydrogens is 508 g/mol. The summed E-state index contributed by atoms with van der Waals surface area (Å²) in [5, 5.41) is 12.3. The highest BCUT2D eigenvalue weighted by atomic mass is 19.3. The van der Waals surface area contributed by atoms with Gasteiger partial charge in [-0.25, -0.2) is 8.78 Å². The minimum Gasteiger partial charge on any atom is -0.502 e. The van der Waals surface area contributed by atoms with E-state index < -0.39 is 53.4 Å². The number of amides is 1. The average Bonchev–Trinajstić information content (AvgIpc) is 3.08. The van der Waals surface area contributed by atoms with E-state index >= 15 is 13.2 Å². The summed E-state index contributed by atoms with van der Waals surface area (Å²) in [5.74, 6) is -6.86. The number of hydrogen-bond acceptors (Lipinski definition) is 6. The van der Waals surface area contributed by atoms with Gasteiger partial charge in [0.05, 0.1) is 25.4 Å². The molecular formula is C26H20F4N4O4. The molecule has 1 saturated heterocycles. The predicted molar refractivity (Wildman–Crippen MR) is 126 cm³/mol. The number of rotatable bonds is 1. The van der Waals surface area contributed by atoms with Gasteiger partial charge in [0.25, 0.3) is 11.8 Å². The SMILES string of the molecule is O=C1c2c(O)c(=O)ccn2N(C2c3ccc(F)c(F)c3CN3CC(F)(F)c4cccc2c43)C2COCCN12. The van der Waals surface area contributed by atoms with Crippen molar-refractivity contribution in [1.29, 1.82) is 0 Å². The fraction of sp³-hybridized carbons (Fsp3) is 0.308. The molecule has 1 amide bonds. The van der Waals surface area contributed by atoms with Crippen LogP contribution in [0.25, 0.3) is 0 Å². The molecule has 196 valence electrons. The number of benzene rings is 2. The van der Waals surface area contributed by atoms with Crippen LogP contribution in [0.5, 0.6) is 5.75 Å². The molecule has 7 rings (SSSR count). The highest BCUT2D eigenvalue weighted by molar-refractivity contribution is 5.96. The van der Waals surface area contributed by atoms with Gasteiger partial charge in [-0.05, 0) is 11.6 Å². The van der Waals surface area contributed by atoms with E-state index in [4.69, 9.17) is 4.74 Å². The molecule has 4 aliphatic heterocycles. The number of hydrogen-bond donors (Lipinski definition) is 1. The molecule has 1 aromatic heterocycles. The highest BCUT2D eigenvalue weighted by Gasteiger charge is 2.51. The zero-order valence-electron chi connectivity index (χ0n) is 19.7. The summed E-state index contributed by atoms with van der Waals surface area (Å²) in [4.78, 5) is 28.5. The Balaban J connectivity index is 1.57. The van der Waals surface area contributed by atoms with E-state index in [9.17, 15) is 19.1 Å². The van der Waals surface area contributed by atoms with Gasteiger partial charge in [0, 0.05) is 42.0 Å². The molecule has 8 nitrogen and oxygen atoms in total. The number of para-hydroxylation sites is 1. The molecule has 2 unspecified atom stereocenters. The maximum absolute atomic E-state index is 15.4. The summed E-state index contributed by atoms with van der Waals surface area (Å²) >= 11 is 0. The molecule has 2 atom stereocenters. The first-order valence-corrected chi connectivity index (χ1v) is 12.0. The summed E-state index contributed by atoms with van der Waals surface area (Å²) in [7, 11) is 0. The molecule has 0 aliphatic carbocycles. The van der Waals surface area contributed by atoms with Gasteiger partial charge in [0.2, 0.25) is 5.43 Å². The van der Waals surface area contributed by atoms with Crippen molar-refractivity contribution in [3.63, 3.8) is 0 Å². The summed E-state index contributed by atoms with van der Waals surface area (Å²) < 4.78 is 67.1. The Morgan fingerprint density at radius 2 is 1.87 bits per heavy atom. The second-order valence-electron chi connectivity index (χ2n) is 9.79. The Hall–Kier alpha value is -4.06. The van der Waals surface area contributed by atoms with E-state index in [1.165, 1.54) is 38.9 Å². The third kappa shape index (κ3) is 2.94. The molecule has 0 radical (unpaired) electrons. The lowest BCUT2D eigenvalue weighted by molar-refractivity contribution is -0.0197. The number of aromatic hydroxyl groups is 1. The van der Waals surface area contributed by atoms with Crippen molar-refractivity contribution in [1.82, 2.24) is 9.58 Å². The van der Waals surface area contributed by atoms with Gasteiger partial charge in [-0.1, -0.05) is 24.3 Å². The normalized spacial score (nSPS) is 22.9. The van der Waals surface area contributed by atoms with Gasteiger partial charge in [-0.15, -0.1) is 0 Å². The lowest BCUT2D eigenvalue weighted by atomic mass is 9.91. The number of nitrogens with zero attached hydrogens (tertiary/aromatic N) is 4. The van der Waals surface area contributed by atoms with Crippen LogP contribution in [0.15, 0.2) is 47.4 Å². The topological polar surface area (TPSA) is 78.2 Å². The molecule has 38 heavy (non-hydrogen) atoms. The Morgan fingerprint density at radius 3 is 2.68 bits per heavy atom. The second kappa shape index (κ2) is 7.73. The number of morpholine rings is 1. The zero-order valence-corrected chi connectivity index (χ0v) is 19.7. The van der Waals surface area contributed by atoms with Crippen molar-refractivity contribution in [2.75, 3.05) is 36.2 Å². The third-order valence-electron chi connectivity index (χ3n) is 7.78. The van der Waals surface area contributed by atoms with Crippen LogP contribution < -0.4 is 15.3 Å². The highest BCUT2D eigenvalue weighted by Crippen LogP contribution is 2.52. The van der Waals surface area contributed by atoms with Gasteiger partial charge in [-0.2, -0.15) is 8.78 Å². The van der Waals surface area contributed by atoms with Gasteiger partial charge in [0.15, 0.2) is 23.1 Å². The smallest absolute Gasteiger partial charge is 0.292 e. The summed E-state index contributed by atoms with van der Waals surface area (Å²) in [6, 6.07) is 6.89. The quantitative estimate of drug-likeness (QED) is 0.490. The summed E-state index contributed by atoms with van der Waals surface area (Å²) in [6.07, 6.45) is 0.502. The Bertz CT molecular complexity index is 1590. The van der Waals surface area contributed by atoms with Crippen molar-refractivity contribution in [2.24, 2.45) is 0 Å². The van der Waals surface area contributed by atoms with Crippen molar-refractivity contribution >= 4 is 11.6 Å². The number of halogens is 4. The summed E-state index contributed by atoms with van der Waals surface area (Å²) in [5.41, 5.74) is -0.517. The van der Waals surface area contributed by atoms with Crippen LogP contribution >= 0.6 is 0 Å². The molecule has 2 aromatic carbocycles. The number of anilines is 1. The van der Waals surface area contributed by atoms with Crippen molar-refractivity contribution in [3.8, 4) is 5.75 Å². The number of alkyl halides is 2. The average molecular weight is 528 g/mol. The van der Waals surface area contributed by atoms with Gasteiger partial charge in [0.1, 0.15) is 12.2 Å². The Kier molecular flexibility index (Phi) is 4.70.